The number of phenolic OH excluding ortho intramolecular Hbond substituents is 1. The Balaban J connectivity index is 1.83. The second-order valence-corrected chi connectivity index (χ2v) is 7.24. The molecule has 1 aliphatic heterocycles. The molecule has 5 unspecified atom stereocenters. The van der Waals surface area contributed by atoms with Gasteiger partial charge in [-0.05, 0) is 18.2 Å². The molecule has 11 nitrogen and oxygen atoms in total. The van der Waals surface area contributed by atoms with Crippen LogP contribution >= 0.6 is 0 Å². The molecule has 4 rings (SSSR count). The maximum atomic E-state index is 13.0. The summed E-state index contributed by atoms with van der Waals surface area (Å²) in [6, 6.07) is 5.88. The van der Waals surface area contributed by atoms with Gasteiger partial charge >= 0.3 is 0 Å². The first-order valence-electron chi connectivity index (χ1n) is 9.62. The standard InChI is InChI=1S/C21H22O11/c1-28-8-3-4-10-9(5-8)15(23)14-11(30-10)6-12(20(29-2)17(14)25)31-21-19(27)18(26)16(24)13(7-22)32-21/h3-6,13,16,18-19,21-22,24-27H,7H2,1-2H3. The van der Waals surface area contributed by atoms with E-state index in [0.717, 1.165) is 0 Å². The van der Waals surface area contributed by atoms with Crippen LogP contribution in [0.3, 0.4) is 0 Å². The first kappa shape index (κ1) is 22.1. The zero-order chi connectivity index (χ0) is 23.2. The first-order chi connectivity index (χ1) is 15.3. The number of hydrogen-bond acceptors (Lipinski definition) is 11. The molecule has 5 N–H and O–H groups in total. The average Bonchev–Trinajstić information content (AvgIpc) is 2.79. The Kier molecular flexibility index (Phi) is 5.84. The van der Waals surface area contributed by atoms with Crippen LogP contribution in [0, 0.1) is 0 Å². The predicted octanol–water partition coefficient (Wildman–Crippen LogP) is -0.152. The number of hydrogen-bond donors (Lipinski definition) is 5. The molecule has 1 fully saturated rings. The number of benzene rings is 2. The van der Waals surface area contributed by atoms with Gasteiger partial charge in [-0.25, -0.2) is 0 Å². The first-order valence-corrected chi connectivity index (χ1v) is 9.62. The summed E-state index contributed by atoms with van der Waals surface area (Å²) < 4.78 is 27.0. The van der Waals surface area contributed by atoms with Crippen molar-refractivity contribution in [3.05, 3.63) is 34.5 Å². The van der Waals surface area contributed by atoms with Gasteiger partial charge in [0.25, 0.3) is 0 Å². The Morgan fingerprint density at radius 1 is 1.00 bits per heavy atom. The fourth-order valence-corrected chi connectivity index (χ4v) is 3.63. The second kappa shape index (κ2) is 8.45. The van der Waals surface area contributed by atoms with Gasteiger partial charge in [0.05, 0.1) is 26.2 Å². The molecule has 172 valence electrons. The Morgan fingerprint density at radius 3 is 2.41 bits per heavy atom. The number of rotatable bonds is 5. The van der Waals surface area contributed by atoms with E-state index in [2.05, 4.69) is 0 Å². The van der Waals surface area contributed by atoms with E-state index in [0.29, 0.717) is 5.75 Å². The summed E-state index contributed by atoms with van der Waals surface area (Å²) in [7, 11) is 2.68. The molecule has 0 radical (unpaired) electrons. The zero-order valence-corrected chi connectivity index (χ0v) is 17.1. The molecule has 0 bridgehead atoms. The second-order valence-electron chi connectivity index (χ2n) is 7.24. The lowest BCUT2D eigenvalue weighted by molar-refractivity contribution is -0.277. The molecule has 32 heavy (non-hydrogen) atoms. The normalized spacial score (nSPS) is 25.8. The molecule has 1 aliphatic rings. The summed E-state index contributed by atoms with van der Waals surface area (Å²) in [5, 5.41) is 50.2. The highest BCUT2D eigenvalue weighted by Crippen LogP contribution is 2.43. The fourth-order valence-electron chi connectivity index (χ4n) is 3.63. The number of ether oxygens (including phenoxy) is 4. The Morgan fingerprint density at radius 2 is 1.75 bits per heavy atom. The topological polar surface area (TPSA) is 168 Å². The van der Waals surface area contributed by atoms with E-state index < -0.39 is 48.5 Å². The third-order valence-electron chi connectivity index (χ3n) is 5.36. The largest absolute Gasteiger partial charge is 0.504 e. The van der Waals surface area contributed by atoms with Crippen molar-refractivity contribution in [1.82, 2.24) is 0 Å². The summed E-state index contributed by atoms with van der Waals surface area (Å²) in [5.41, 5.74) is -0.340. The highest BCUT2D eigenvalue weighted by molar-refractivity contribution is 5.96. The number of aliphatic hydroxyl groups is 4. The van der Waals surface area contributed by atoms with Gasteiger partial charge in [-0.2, -0.15) is 0 Å². The van der Waals surface area contributed by atoms with Gasteiger partial charge in [0.15, 0.2) is 11.5 Å². The molecule has 1 saturated heterocycles. The van der Waals surface area contributed by atoms with E-state index in [4.69, 9.17) is 23.4 Å². The van der Waals surface area contributed by atoms with Crippen molar-refractivity contribution in [2.45, 2.75) is 30.7 Å². The van der Waals surface area contributed by atoms with Crippen LogP contribution in [0.25, 0.3) is 21.9 Å². The van der Waals surface area contributed by atoms with Crippen LogP contribution in [-0.2, 0) is 4.74 Å². The van der Waals surface area contributed by atoms with Crippen LogP contribution < -0.4 is 19.6 Å². The lowest BCUT2D eigenvalue weighted by Gasteiger charge is -2.39. The van der Waals surface area contributed by atoms with E-state index in [1.165, 1.54) is 32.4 Å². The average molecular weight is 450 g/mol. The SMILES string of the molecule is COc1ccc2oc3cc(OC4OC(CO)C(O)C(O)C4O)c(OC)c(O)c3c(=O)c2c1. The predicted molar refractivity (Wildman–Crippen MR) is 109 cm³/mol. The van der Waals surface area contributed by atoms with Crippen molar-refractivity contribution in [2.24, 2.45) is 0 Å². The van der Waals surface area contributed by atoms with Crippen LogP contribution in [0.5, 0.6) is 23.0 Å². The molecule has 0 saturated carbocycles. The third-order valence-corrected chi connectivity index (χ3v) is 5.36. The van der Waals surface area contributed by atoms with Crippen LogP contribution in [-0.4, -0.2) is 77.1 Å². The molecule has 0 amide bonds. The molecule has 2 heterocycles. The maximum Gasteiger partial charge on any atom is 0.229 e. The van der Waals surface area contributed by atoms with E-state index >= 15 is 0 Å². The monoisotopic (exact) mass is 450 g/mol. The van der Waals surface area contributed by atoms with Crippen LogP contribution in [0.4, 0.5) is 0 Å². The van der Waals surface area contributed by atoms with Gasteiger partial charge in [0, 0.05) is 6.07 Å². The third kappa shape index (κ3) is 3.49. The van der Waals surface area contributed by atoms with Crippen molar-refractivity contribution >= 4 is 21.9 Å². The number of phenols is 1. The minimum absolute atomic E-state index is 0.0365. The fraction of sp³-hybridized carbons (Fsp3) is 0.381. The van der Waals surface area contributed by atoms with Gasteiger partial charge in [0.1, 0.15) is 46.7 Å². The number of fused-ring (bicyclic) bond motifs is 2. The van der Waals surface area contributed by atoms with Gasteiger partial charge in [-0.1, -0.05) is 0 Å². The quantitative estimate of drug-likeness (QED) is 0.328. The molecular formula is C21H22O11. The summed E-state index contributed by atoms with van der Waals surface area (Å²) in [4.78, 5) is 13.0. The zero-order valence-electron chi connectivity index (χ0n) is 17.1. The van der Waals surface area contributed by atoms with Crippen molar-refractivity contribution in [3.63, 3.8) is 0 Å². The van der Waals surface area contributed by atoms with Gasteiger partial charge in [0.2, 0.25) is 17.5 Å². The summed E-state index contributed by atoms with van der Waals surface area (Å²) in [5.74, 6) is -0.553. The minimum atomic E-state index is -1.69. The van der Waals surface area contributed by atoms with Crippen molar-refractivity contribution in [1.29, 1.82) is 0 Å². The van der Waals surface area contributed by atoms with Crippen molar-refractivity contribution < 1.29 is 48.9 Å². The van der Waals surface area contributed by atoms with Crippen LogP contribution in [0.2, 0.25) is 0 Å². The number of aliphatic hydroxyl groups excluding tert-OH is 4. The van der Waals surface area contributed by atoms with Crippen molar-refractivity contribution in [3.8, 4) is 23.0 Å². The maximum absolute atomic E-state index is 13.0. The highest BCUT2D eigenvalue weighted by Gasteiger charge is 2.45. The highest BCUT2D eigenvalue weighted by atomic mass is 16.7. The molecule has 0 aliphatic carbocycles. The molecule has 5 atom stereocenters. The Labute approximate surface area is 180 Å². The summed E-state index contributed by atoms with van der Waals surface area (Å²) in [6.07, 6.45) is -7.65. The minimum Gasteiger partial charge on any atom is -0.504 e. The molecule has 2 aromatic carbocycles. The molecular weight excluding hydrogens is 428 g/mol. The summed E-state index contributed by atoms with van der Waals surface area (Å²) >= 11 is 0. The van der Waals surface area contributed by atoms with E-state index in [1.807, 2.05) is 0 Å². The van der Waals surface area contributed by atoms with Crippen molar-refractivity contribution in [2.75, 3.05) is 20.8 Å². The summed E-state index contributed by atoms with van der Waals surface area (Å²) in [6.45, 7) is -0.644. The van der Waals surface area contributed by atoms with Gasteiger partial charge in [-0.15, -0.1) is 0 Å². The van der Waals surface area contributed by atoms with E-state index in [9.17, 15) is 30.3 Å². The van der Waals surface area contributed by atoms with E-state index in [1.54, 1.807) is 6.07 Å². The van der Waals surface area contributed by atoms with Crippen LogP contribution in [0.15, 0.2) is 33.5 Å². The molecule has 3 aromatic rings. The molecule has 1 aromatic heterocycles. The Hall–Kier alpha value is -3.09. The van der Waals surface area contributed by atoms with E-state index in [-0.39, 0.29) is 33.4 Å². The molecule has 0 spiro atoms. The Bertz CT molecular complexity index is 1200. The smallest absolute Gasteiger partial charge is 0.229 e. The van der Waals surface area contributed by atoms with Gasteiger partial charge in [-0.3, -0.25) is 4.79 Å². The number of methoxy groups -OCH3 is 2. The number of aromatic hydroxyl groups is 1. The molecule has 11 heteroatoms. The lowest BCUT2D eigenvalue weighted by atomic mass is 9.99. The van der Waals surface area contributed by atoms with Crippen LogP contribution in [0.1, 0.15) is 0 Å². The lowest BCUT2D eigenvalue weighted by Crippen LogP contribution is -2.60. The van der Waals surface area contributed by atoms with Gasteiger partial charge < -0.3 is 48.9 Å².